The zero-order valence-corrected chi connectivity index (χ0v) is 14.6. The number of amides is 2. The number of carboxylic acid groups (broad SMARTS) is 1. The van der Waals surface area contributed by atoms with Gasteiger partial charge in [-0.3, -0.25) is 10.00 Å². The second-order valence-electron chi connectivity index (χ2n) is 4.66. The van der Waals surface area contributed by atoms with E-state index in [1.807, 2.05) is 0 Å². The molecule has 0 saturated heterocycles. The Labute approximate surface area is 147 Å². The molecule has 140 valence electrons. The van der Waals surface area contributed by atoms with Crippen LogP contribution in [0.4, 0.5) is 10.7 Å². The number of urea groups is 1. The fourth-order valence-corrected chi connectivity index (χ4v) is 2.84. The van der Waals surface area contributed by atoms with Crippen LogP contribution in [0.5, 0.6) is 11.8 Å². The van der Waals surface area contributed by atoms with Crippen LogP contribution < -0.4 is 19.5 Å². The van der Waals surface area contributed by atoms with Crippen molar-refractivity contribution in [2.24, 2.45) is 7.05 Å². The van der Waals surface area contributed by atoms with Crippen LogP contribution in [0.3, 0.4) is 0 Å². The number of hydrogen-bond donors (Lipinski definition) is 3. The summed E-state index contributed by atoms with van der Waals surface area (Å²) in [6.45, 7) is 0. The predicted molar refractivity (Wildman–Crippen MR) is 84.6 cm³/mol. The predicted octanol–water partition coefficient (Wildman–Crippen LogP) is -0.564. The van der Waals surface area contributed by atoms with Gasteiger partial charge in [0.05, 0.1) is 20.3 Å². The highest BCUT2D eigenvalue weighted by Gasteiger charge is 2.28. The van der Waals surface area contributed by atoms with Gasteiger partial charge in [0.2, 0.25) is 22.7 Å². The standard InChI is InChI=1S/C12H14N6O7S/c1-18-5-6(10(19)20)9(16-18)26(22,23)17-12(21)15-11-13-7(24-2)4-8(14-11)25-3/h4-5H,1-3H3,(H,19,20)(H2,13,14,15,17,21). The Morgan fingerprint density at radius 2 is 1.77 bits per heavy atom. The van der Waals surface area contributed by atoms with Crippen molar-refractivity contribution in [2.75, 3.05) is 19.5 Å². The van der Waals surface area contributed by atoms with Gasteiger partial charge < -0.3 is 14.6 Å². The van der Waals surface area contributed by atoms with Crippen molar-refractivity contribution in [3.63, 3.8) is 0 Å². The maximum Gasteiger partial charge on any atom is 0.340 e. The normalized spacial score (nSPS) is 10.9. The van der Waals surface area contributed by atoms with Crippen LogP contribution in [0.2, 0.25) is 0 Å². The van der Waals surface area contributed by atoms with Gasteiger partial charge in [-0.2, -0.15) is 23.5 Å². The molecular formula is C12H14N6O7S. The molecule has 0 bridgehead atoms. The molecule has 2 amide bonds. The highest BCUT2D eigenvalue weighted by Crippen LogP contribution is 2.17. The SMILES string of the molecule is COc1cc(OC)nc(NC(=O)NS(=O)(=O)c2nn(C)cc2C(=O)O)n1. The minimum absolute atomic E-state index is 0.0629. The number of nitrogens with zero attached hydrogens (tertiary/aromatic N) is 4. The Balaban J connectivity index is 2.23. The Kier molecular flexibility index (Phi) is 5.25. The van der Waals surface area contributed by atoms with Crippen LogP contribution >= 0.6 is 0 Å². The summed E-state index contributed by atoms with van der Waals surface area (Å²) >= 11 is 0. The number of nitrogens with one attached hydrogen (secondary N) is 2. The van der Waals surface area contributed by atoms with Gasteiger partial charge in [0.25, 0.3) is 10.0 Å². The molecule has 2 rings (SSSR count). The molecule has 0 aliphatic heterocycles. The molecule has 2 aromatic rings. The lowest BCUT2D eigenvalue weighted by molar-refractivity contribution is 0.0692. The van der Waals surface area contributed by atoms with E-state index in [-0.39, 0.29) is 17.7 Å². The van der Waals surface area contributed by atoms with Gasteiger partial charge in [-0.05, 0) is 0 Å². The average Bonchev–Trinajstić information content (AvgIpc) is 2.97. The van der Waals surface area contributed by atoms with Gasteiger partial charge >= 0.3 is 12.0 Å². The molecule has 0 aliphatic carbocycles. The third kappa shape index (κ3) is 4.15. The quantitative estimate of drug-likeness (QED) is 0.583. The smallest absolute Gasteiger partial charge is 0.340 e. The third-order valence-corrected chi connectivity index (χ3v) is 4.09. The first-order valence-electron chi connectivity index (χ1n) is 6.74. The highest BCUT2D eigenvalue weighted by atomic mass is 32.2. The largest absolute Gasteiger partial charge is 0.481 e. The summed E-state index contributed by atoms with van der Waals surface area (Å²) in [6.07, 6.45) is 0.991. The first kappa shape index (κ1) is 18.9. The van der Waals surface area contributed by atoms with Crippen LogP contribution in [-0.2, 0) is 17.1 Å². The maximum absolute atomic E-state index is 12.2. The maximum atomic E-state index is 12.2. The van der Waals surface area contributed by atoms with Crippen LogP contribution in [-0.4, -0.2) is 59.5 Å². The number of carbonyl (C=O) groups excluding carboxylic acids is 1. The third-order valence-electron chi connectivity index (χ3n) is 2.83. The highest BCUT2D eigenvalue weighted by molar-refractivity contribution is 7.90. The molecule has 26 heavy (non-hydrogen) atoms. The van der Waals surface area contributed by atoms with E-state index in [0.717, 1.165) is 10.9 Å². The number of sulfonamides is 1. The fraction of sp³-hybridized carbons (Fsp3) is 0.250. The number of methoxy groups -OCH3 is 2. The zero-order valence-electron chi connectivity index (χ0n) is 13.7. The van der Waals surface area contributed by atoms with Crippen molar-refractivity contribution >= 4 is 28.0 Å². The number of aromatic nitrogens is 4. The van der Waals surface area contributed by atoms with Crippen molar-refractivity contribution in [3.8, 4) is 11.8 Å². The molecule has 14 heteroatoms. The minimum Gasteiger partial charge on any atom is -0.481 e. The first-order valence-corrected chi connectivity index (χ1v) is 8.22. The van der Waals surface area contributed by atoms with Gasteiger partial charge in [0, 0.05) is 13.2 Å². The molecule has 0 unspecified atom stereocenters. The van der Waals surface area contributed by atoms with Crippen molar-refractivity contribution in [1.29, 1.82) is 0 Å². The zero-order chi connectivity index (χ0) is 19.5. The Bertz CT molecular complexity index is 933. The minimum atomic E-state index is -4.56. The molecule has 0 saturated carbocycles. The molecule has 2 heterocycles. The van der Waals surface area contributed by atoms with Crippen molar-refractivity contribution in [1.82, 2.24) is 24.5 Å². The van der Waals surface area contributed by atoms with E-state index in [1.165, 1.54) is 27.3 Å². The van der Waals surface area contributed by atoms with E-state index in [9.17, 15) is 18.0 Å². The Morgan fingerprint density at radius 3 is 2.27 bits per heavy atom. The van der Waals surface area contributed by atoms with Crippen molar-refractivity contribution < 1.29 is 32.6 Å². The summed E-state index contributed by atoms with van der Waals surface area (Å²) in [5, 5.41) is 13.9. The second kappa shape index (κ2) is 7.22. The van der Waals surface area contributed by atoms with E-state index in [2.05, 4.69) is 20.4 Å². The van der Waals surface area contributed by atoms with Crippen LogP contribution in [0, 0.1) is 0 Å². The van der Waals surface area contributed by atoms with E-state index in [4.69, 9.17) is 14.6 Å². The molecular weight excluding hydrogens is 372 g/mol. The van der Waals surface area contributed by atoms with Gasteiger partial charge in [-0.25, -0.2) is 14.3 Å². The fourth-order valence-electron chi connectivity index (χ4n) is 1.78. The van der Waals surface area contributed by atoms with Crippen LogP contribution in [0.1, 0.15) is 10.4 Å². The lowest BCUT2D eigenvalue weighted by Gasteiger charge is -2.08. The summed E-state index contributed by atoms with van der Waals surface area (Å²) in [4.78, 5) is 30.6. The van der Waals surface area contributed by atoms with E-state index < -0.39 is 32.6 Å². The molecule has 0 aliphatic rings. The average molecular weight is 386 g/mol. The summed E-state index contributed by atoms with van der Waals surface area (Å²) in [6, 6.07) is 0.106. The lowest BCUT2D eigenvalue weighted by atomic mass is 10.4. The molecule has 3 N–H and O–H groups in total. The molecule has 0 radical (unpaired) electrons. The second-order valence-corrected chi connectivity index (χ2v) is 6.26. The number of ether oxygens (including phenoxy) is 2. The monoisotopic (exact) mass is 386 g/mol. The number of anilines is 1. The molecule has 0 aromatic carbocycles. The van der Waals surface area contributed by atoms with E-state index in [0.29, 0.717) is 0 Å². The van der Waals surface area contributed by atoms with E-state index in [1.54, 1.807) is 4.72 Å². The topological polar surface area (TPSA) is 175 Å². The van der Waals surface area contributed by atoms with Gasteiger partial charge in [0.1, 0.15) is 5.56 Å². The molecule has 13 nitrogen and oxygen atoms in total. The number of aromatic carboxylic acids is 1. The van der Waals surface area contributed by atoms with Crippen molar-refractivity contribution in [3.05, 3.63) is 17.8 Å². The number of rotatable bonds is 6. The molecule has 0 atom stereocenters. The number of carboxylic acids is 1. The Morgan fingerprint density at radius 1 is 1.19 bits per heavy atom. The van der Waals surface area contributed by atoms with Gasteiger partial charge in [0.15, 0.2) is 0 Å². The summed E-state index contributed by atoms with van der Waals surface area (Å²) in [5.74, 6) is -1.69. The van der Waals surface area contributed by atoms with Crippen LogP contribution in [0.15, 0.2) is 17.3 Å². The summed E-state index contributed by atoms with van der Waals surface area (Å²) in [7, 11) is -0.575. The van der Waals surface area contributed by atoms with Gasteiger partial charge in [-0.15, -0.1) is 0 Å². The van der Waals surface area contributed by atoms with Crippen molar-refractivity contribution in [2.45, 2.75) is 5.03 Å². The summed E-state index contributed by atoms with van der Waals surface area (Å²) < 4.78 is 36.8. The molecule has 2 aromatic heterocycles. The molecule has 0 fully saturated rings. The summed E-state index contributed by atoms with van der Waals surface area (Å²) in [5.41, 5.74) is -0.591. The van der Waals surface area contributed by atoms with E-state index >= 15 is 0 Å². The number of aryl methyl sites for hydroxylation is 1. The molecule has 0 spiro atoms. The van der Waals surface area contributed by atoms with Crippen LogP contribution in [0.25, 0.3) is 0 Å². The first-order chi connectivity index (χ1) is 12.2. The Hall–Kier alpha value is -3.42. The lowest BCUT2D eigenvalue weighted by Crippen LogP contribution is -2.35. The van der Waals surface area contributed by atoms with Gasteiger partial charge in [-0.1, -0.05) is 0 Å². The number of hydrogen-bond acceptors (Lipinski definition) is 9. The number of carbonyl (C=O) groups is 2.